The quantitative estimate of drug-likeness (QED) is 0.872. The molecule has 2 heterocycles. The summed E-state index contributed by atoms with van der Waals surface area (Å²) >= 11 is 1.41. The summed E-state index contributed by atoms with van der Waals surface area (Å²) in [6.45, 7) is 5.95. The van der Waals surface area contributed by atoms with E-state index in [-0.39, 0.29) is 0 Å². The van der Waals surface area contributed by atoms with Crippen LogP contribution in [0.2, 0.25) is 0 Å². The summed E-state index contributed by atoms with van der Waals surface area (Å²) in [7, 11) is 1.35. The minimum atomic E-state index is -0.417. The molecule has 7 heteroatoms. The van der Waals surface area contributed by atoms with Crippen molar-refractivity contribution in [2.45, 2.75) is 26.8 Å². The first-order valence-corrected chi connectivity index (χ1v) is 6.70. The van der Waals surface area contributed by atoms with Crippen LogP contribution in [0, 0.1) is 6.92 Å². The number of ether oxygens (including phenoxy) is 1. The zero-order chi connectivity index (χ0) is 14.0. The van der Waals surface area contributed by atoms with Gasteiger partial charge in [0, 0.05) is 17.1 Å². The molecule has 0 saturated carbocycles. The average molecular weight is 280 g/mol. The molecule has 0 unspecified atom stereocenters. The fourth-order valence-electron chi connectivity index (χ4n) is 1.54. The van der Waals surface area contributed by atoms with Crippen molar-refractivity contribution in [2.75, 3.05) is 12.4 Å². The van der Waals surface area contributed by atoms with Crippen LogP contribution in [0.1, 0.15) is 35.3 Å². The average Bonchev–Trinajstić information content (AvgIpc) is 2.96. The lowest BCUT2D eigenvalue weighted by Crippen LogP contribution is -2.03. The molecular formula is C12H16N4O2S. The highest BCUT2D eigenvalue weighted by atomic mass is 32.1. The Balaban J connectivity index is 2.17. The molecule has 0 aliphatic carbocycles. The minimum absolute atomic E-state index is 0.305. The number of carbonyl (C=O) groups is 1. The molecule has 0 amide bonds. The lowest BCUT2D eigenvalue weighted by atomic mass is 10.4. The predicted molar refractivity (Wildman–Crippen MR) is 74.1 cm³/mol. The van der Waals surface area contributed by atoms with Gasteiger partial charge in [-0.15, -0.1) is 11.3 Å². The van der Waals surface area contributed by atoms with Crippen LogP contribution >= 0.6 is 11.3 Å². The van der Waals surface area contributed by atoms with E-state index in [4.69, 9.17) is 0 Å². The lowest BCUT2D eigenvalue weighted by Gasteiger charge is -2.03. The summed E-state index contributed by atoms with van der Waals surface area (Å²) in [5, 5.41) is 8.02. The zero-order valence-electron chi connectivity index (χ0n) is 11.3. The number of hydrogen-bond acceptors (Lipinski definition) is 6. The monoisotopic (exact) mass is 280 g/mol. The van der Waals surface area contributed by atoms with E-state index in [1.54, 1.807) is 6.20 Å². The number of aryl methyl sites for hydroxylation is 1. The van der Waals surface area contributed by atoms with Crippen LogP contribution in [0.25, 0.3) is 0 Å². The predicted octanol–water partition coefficient (Wildman–Crippen LogP) is 2.76. The number of aromatic nitrogens is 3. The molecule has 0 atom stereocenters. The second-order valence-electron chi connectivity index (χ2n) is 4.34. The summed E-state index contributed by atoms with van der Waals surface area (Å²) < 4.78 is 6.53. The van der Waals surface area contributed by atoms with Crippen LogP contribution in [-0.4, -0.2) is 27.8 Å². The van der Waals surface area contributed by atoms with Crippen molar-refractivity contribution in [3.8, 4) is 0 Å². The van der Waals surface area contributed by atoms with Gasteiger partial charge in [-0.05, 0) is 20.8 Å². The molecule has 0 spiro atoms. The van der Waals surface area contributed by atoms with E-state index >= 15 is 0 Å². The number of anilines is 2. The normalized spacial score (nSPS) is 10.8. The van der Waals surface area contributed by atoms with Crippen LogP contribution < -0.4 is 5.32 Å². The Morgan fingerprint density at radius 3 is 2.84 bits per heavy atom. The van der Waals surface area contributed by atoms with Gasteiger partial charge in [0.1, 0.15) is 0 Å². The van der Waals surface area contributed by atoms with Crippen molar-refractivity contribution in [2.24, 2.45) is 0 Å². The van der Waals surface area contributed by atoms with E-state index in [2.05, 4.69) is 34.0 Å². The molecule has 0 bridgehead atoms. The molecule has 2 rings (SSSR count). The van der Waals surface area contributed by atoms with E-state index < -0.39 is 5.97 Å². The first-order chi connectivity index (χ1) is 9.01. The Morgan fingerprint density at radius 2 is 2.26 bits per heavy atom. The molecule has 2 aromatic rings. The summed E-state index contributed by atoms with van der Waals surface area (Å²) in [4.78, 5) is 16.5. The van der Waals surface area contributed by atoms with Crippen LogP contribution in [-0.2, 0) is 4.74 Å². The van der Waals surface area contributed by atoms with Crippen molar-refractivity contribution < 1.29 is 9.53 Å². The number of carbonyl (C=O) groups excluding carboxylic acids is 1. The molecule has 19 heavy (non-hydrogen) atoms. The summed E-state index contributed by atoms with van der Waals surface area (Å²) in [5.74, 6) is -0.417. The molecular weight excluding hydrogens is 264 g/mol. The smallest absolute Gasteiger partial charge is 0.357 e. The van der Waals surface area contributed by atoms with E-state index in [1.165, 1.54) is 18.4 Å². The van der Waals surface area contributed by atoms with E-state index in [9.17, 15) is 4.79 Å². The Labute approximate surface area is 115 Å². The molecule has 0 saturated heterocycles. The van der Waals surface area contributed by atoms with Gasteiger partial charge < -0.3 is 10.1 Å². The van der Waals surface area contributed by atoms with E-state index in [0.29, 0.717) is 16.9 Å². The van der Waals surface area contributed by atoms with Gasteiger partial charge in [-0.3, -0.25) is 4.68 Å². The van der Waals surface area contributed by atoms with Crippen LogP contribution in [0.4, 0.5) is 10.8 Å². The van der Waals surface area contributed by atoms with Crippen molar-refractivity contribution in [1.82, 2.24) is 14.8 Å². The third kappa shape index (κ3) is 2.93. The zero-order valence-corrected chi connectivity index (χ0v) is 12.1. The maximum atomic E-state index is 11.5. The Hall–Kier alpha value is -1.89. The number of hydrogen-bond donors (Lipinski definition) is 1. The fourth-order valence-corrected chi connectivity index (χ4v) is 2.37. The summed E-state index contributed by atoms with van der Waals surface area (Å²) in [6, 6.07) is 0.305. The highest BCUT2D eigenvalue weighted by molar-refractivity contribution is 7.15. The molecule has 1 N–H and O–H groups in total. The van der Waals surface area contributed by atoms with E-state index in [0.717, 1.165) is 10.6 Å². The molecule has 0 aliphatic heterocycles. The van der Waals surface area contributed by atoms with Gasteiger partial charge in [0.05, 0.1) is 19.0 Å². The van der Waals surface area contributed by atoms with Crippen molar-refractivity contribution in [1.29, 1.82) is 0 Å². The third-order valence-electron chi connectivity index (χ3n) is 2.56. The van der Waals surface area contributed by atoms with Crippen molar-refractivity contribution >= 4 is 28.1 Å². The number of thiazole rings is 1. The molecule has 102 valence electrons. The molecule has 2 aromatic heterocycles. The van der Waals surface area contributed by atoms with Gasteiger partial charge in [0.25, 0.3) is 0 Å². The minimum Gasteiger partial charge on any atom is -0.464 e. The Kier molecular flexibility index (Phi) is 3.84. The van der Waals surface area contributed by atoms with Gasteiger partial charge in [-0.25, -0.2) is 9.78 Å². The molecule has 6 nitrogen and oxygen atoms in total. The Morgan fingerprint density at radius 1 is 1.53 bits per heavy atom. The molecule has 0 aromatic carbocycles. The van der Waals surface area contributed by atoms with Crippen LogP contribution in [0.3, 0.4) is 0 Å². The number of nitrogens with zero attached hydrogens (tertiary/aromatic N) is 3. The first kappa shape index (κ1) is 13.5. The van der Waals surface area contributed by atoms with Gasteiger partial charge in [0.15, 0.2) is 10.8 Å². The van der Waals surface area contributed by atoms with Crippen molar-refractivity contribution in [3.05, 3.63) is 23.0 Å². The highest BCUT2D eigenvalue weighted by Crippen LogP contribution is 2.25. The van der Waals surface area contributed by atoms with Crippen LogP contribution in [0.15, 0.2) is 12.4 Å². The van der Waals surface area contributed by atoms with Gasteiger partial charge >= 0.3 is 5.97 Å². The van der Waals surface area contributed by atoms with E-state index in [1.807, 2.05) is 17.8 Å². The largest absolute Gasteiger partial charge is 0.464 e. The third-order valence-corrected chi connectivity index (χ3v) is 3.44. The Bertz CT molecular complexity index is 588. The maximum absolute atomic E-state index is 11.5. The van der Waals surface area contributed by atoms with Gasteiger partial charge in [0.2, 0.25) is 0 Å². The number of methoxy groups -OCH3 is 1. The number of rotatable bonds is 4. The van der Waals surface area contributed by atoms with Gasteiger partial charge in [-0.1, -0.05) is 0 Å². The molecule has 0 aliphatic rings. The number of esters is 1. The van der Waals surface area contributed by atoms with Gasteiger partial charge in [-0.2, -0.15) is 5.10 Å². The maximum Gasteiger partial charge on any atom is 0.357 e. The van der Waals surface area contributed by atoms with Crippen molar-refractivity contribution in [3.63, 3.8) is 0 Å². The SMILES string of the molecule is COC(=O)c1nc(Nc2cnn(C(C)C)c2)sc1C. The fraction of sp³-hybridized carbons (Fsp3) is 0.417. The lowest BCUT2D eigenvalue weighted by molar-refractivity contribution is 0.0594. The topological polar surface area (TPSA) is 69.0 Å². The van der Waals surface area contributed by atoms with Crippen LogP contribution in [0.5, 0.6) is 0 Å². The second kappa shape index (κ2) is 5.40. The summed E-state index contributed by atoms with van der Waals surface area (Å²) in [5.41, 5.74) is 1.20. The number of nitrogens with one attached hydrogen (secondary N) is 1. The summed E-state index contributed by atoms with van der Waals surface area (Å²) in [6.07, 6.45) is 3.63. The standard InChI is InChI=1S/C12H16N4O2S/c1-7(2)16-6-9(5-13-16)14-12-15-10(8(3)19-12)11(17)18-4/h5-7H,1-4H3,(H,14,15). The first-order valence-electron chi connectivity index (χ1n) is 5.88. The molecule has 0 radical (unpaired) electrons. The highest BCUT2D eigenvalue weighted by Gasteiger charge is 2.16. The molecule has 0 fully saturated rings. The second-order valence-corrected chi connectivity index (χ2v) is 5.55.